The summed E-state index contributed by atoms with van der Waals surface area (Å²) >= 11 is 2.98. The van der Waals surface area contributed by atoms with Gasteiger partial charge >= 0.3 is 0 Å². The summed E-state index contributed by atoms with van der Waals surface area (Å²) in [6, 6.07) is 8.12. The second-order valence-corrected chi connectivity index (χ2v) is 8.51. The van der Waals surface area contributed by atoms with Gasteiger partial charge in [-0.1, -0.05) is 24.8 Å². The van der Waals surface area contributed by atoms with Crippen LogP contribution in [0.25, 0.3) is 11.4 Å². The van der Waals surface area contributed by atoms with Crippen LogP contribution in [0.5, 0.6) is 0 Å². The number of non-ortho nitro benzene ring substituents is 1. The second kappa shape index (κ2) is 9.19. The lowest BCUT2D eigenvalue weighted by atomic mass is 10.2. The van der Waals surface area contributed by atoms with E-state index in [0.29, 0.717) is 10.8 Å². The van der Waals surface area contributed by atoms with Crippen molar-refractivity contribution >= 4 is 40.4 Å². The van der Waals surface area contributed by atoms with Crippen molar-refractivity contribution < 1.29 is 9.72 Å². The van der Waals surface area contributed by atoms with Gasteiger partial charge in [-0.15, -0.1) is 21.5 Å². The van der Waals surface area contributed by atoms with Gasteiger partial charge in [-0.25, -0.2) is 0 Å². The molecule has 152 valence electrons. The Labute approximate surface area is 176 Å². The summed E-state index contributed by atoms with van der Waals surface area (Å²) in [5, 5.41) is 24.9. The van der Waals surface area contributed by atoms with E-state index < -0.39 is 4.92 Å². The number of aromatic nitrogens is 3. The number of anilines is 1. The van der Waals surface area contributed by atoms with Crippen LogP contribution in [0.15, 0.2) is 40.9 Å². The molecule has 0 unspecified atom stereocenters. The van der Waals surface area contributed by atoms with E-state index in [1.54, 1.807) is 17.4 Å². The number of thiophene rings is 1. The minimum atomic E-state index is -0.495. The highest BCUT2D eigenvalue weighted by Crippen LogP contribution is 2.30. The zero-order valence-electron chi connectivity index (χ0n) is 16.3. The van der Waals surface area contributed by atoms with Crippen LogP contribution in [0, 0.1) is 10.1 Å². The quantitative estimate of drug-likeness (QED) is 0.312. The lowest BCUT2D eigenvalue weighted by Crippen LogP contribution is -2.15. The minimum absolute atomic E-state index is 0.0677. The van der Waals surface area contributed by atoms with Crippen LogP contribution in [-0.2, 0) is 11.2 Å². The van der Waals surface area contributed by atoms with E-state index in [9.17, 15) is 14.9 Å². The fourth-order valence-electron chi connectivity index (χ4n) is 2.75. The van der Waals surface area contributed by atoms with E-state index in [2.05, 4.69) is 33.9 Å². The molecule has 0 saturated carbocycles. The molecule has 8 nitrogen and oxygen atoms in total. The summed E-state index contributed by atoms with van der Waals surface area (Å²) < 4.78 is 2.02. The zero-order valence-corrected chi connectivity index (χ0v) is 17.9. The molecule has 0 aliphatic rings. The first-order valence-electron chi connectivity index (χ1n) is 9.08. The van der Waals surface area contributed by atoms with Gasteiger partial charge in [0.05, 0.1) is 10.7 Å². The predicted molar refractivity (Wildman–Crippen MR) is 116 cm³/mol. The highest BCUT2D eigenvalue weighted by atomic mass is 32.2. The van der Waals surface area contributed by atoms with Gasteiger partial charge in [0.25, 0.3) is 5.69 Å². The molecule has 0 aliphatic heterocycles. The summed E-state index contributed by atoms with van der Waals surface area (Å²) in [4.78, 5) is 24.0. The van der Waals surface area contributed by atoms with E-state index in [1.165, 1.54) is 34.8 Å². The van der Waals surface area contributed by atoms with Gasteiger partial charge in [-0.3, -0.25) is 19.5 Å². The van der Waals surface area contributed by atoms with Crippen LogP contribution in [0.2, 0.25) is 0 Å². The first-order valence-corrected chi connectivity index (χ1v) is 10.9. The standard InChI is InChI=1S/C19H21N5O3S2/c1-4-16-8-13(10-28-16)18-21-22-19(23(18)12(2)3)29-11-17(25)20-14-6-5-7-15(9-14)24(26)27/h5-10,12H,4,11H2,1-3H3,(H,20,25). The molecule has 3 rings (SSSR count). The van der Waals surface area contributed by atoms with Crippen LogP contribution in [0.4, 0.5) is 11.4 Å². The molecule has 3 aromatic rings. The SMILES string of the molecule is CCc1cc(-c2nnc(SCC(=O)Nc3cccc([N+](=O)[O-])c3)n2C(C)C)cs1. The number of hydrogen-bond acceptors (Lipinski definition) is 7. The third-order valence-corrected chi connectivity index (χ3v) is 6.14. The number of aryl methyl sites for hydroxylation is 1. The molecule has 10 heteroatoms. The normalized spacial score (nSPS) is 11.0. The molecule has 0 saturated heterocycles. The summed E-state index contributed by atoms with van der Waals surface area (Å²) in [7, 11) is 0. The van der Waals surface area contributed by atoms with Gasteiger partial charge in [0.15, 0.2) is 11.0 Å². The Kier molecular flexibility index (Phi) is 6.65. The fourth-order valence-corrected chi connectivity index (χ4v) is 4.43. The van der Waals surface area contributed by atoms with Gasteiger partial charge in [0.1, 0.15) is 0 Å². The summed E-state index contributed by atoms with van der Waals surface area (Å²) in [6.45, 7) is 6.21. The van der Waals surface area contributed by atoms with Crippen LogP contribution < -0.4 is 5.32 Å². The number of carbonyl (C=O) groups is 1. The number of amides is 1. The van der Waals surface area contributed by atoms with Gasteiger partial charge in [0.2, 0.25) is 5.91 Å². The fraction of sp³-hybridized carbons (Fsp3) is 0.316. The third kappa shape index (κ3) is 5.01. The molecule has 1 amide bonds. The van der Waals surface area contributed by atoms with Crippen molar-refractivity contribution in [2.75, 3.05) is 11.1 Å². The van der Waals surface area contributed by atoms with E-state index in [4.69, 9.17) is 0 Å². The molecule has 0 aliphatic carbocycles. The van der Waals surface area contributed by atoms with Crippen molar-refractivity contribution in [2.45, 2.75) is 38.4 Å². The maximum Gasteiger partial charge on any atom is 0.271 e. The van der Waals surface area contributed by atoms with Crippen LogP contribution >= 0.6 is 23.1 Å². The molecule has 1 aromatic carbocycles. The van der Waals surface area contributed by atoms with Gasteiger partial charge < -0.3 is 5.32 Å². The van der Waals surface area contributed by atoms with Crippen molar-refractivity contribution in [3.8, 4) is 11.4 Å². The number of thioether (sulfide) groups is 1. The van der Waals surface area contributed by atoms with E-state index in [0.717, 1.165) is 17.8 Å². The van der Waals surface area contributed by atoms with Crippen molar-refractivity contribution in [3.05, 3.63) is 50.7 Å². The summed E-state index contributed by atoms with van der Waals surface area (Å²) in [5.41, 5.74) is 1.35. The number of nitrogens with one attached hydrogen (secondary N) is 1. The van der Waals surface area contributed by atoms with Crippen molar-refractivity contribution in [1.82, 2.24) is 14.8 Å². The molecule has 29 heavy (non-hydrogen) atoms. The molecule has 2 aromatic heterocycles. The highest BCUT2D eigenvalue weighted by Gasteiger charge is 2.19. The molecule has 0 bridgehead atoms. The first kappa shape index (κ1) is 21.0. The minimum Gasteiger partial charge on any atom is -0.325 e. The Balaban J connectivity index is 1.71. The Morgan fingerprint density at radius 2 is 2.14 bits per heavy atom. The molecule has 0 atom stereocenters. The second-order valence-electron chi connectivity index (χ2n) is 6.57. The highest BCUT2D eigenvalue weighted by molar-refractivity contribution is 7.99. The van der Waals surface area contributed by atoms with E-state index >= 15 is 0 Å². The van der Waals surface area contributed by atoms with Gasteiger partial charge in [-0.05, 0) is 32.4 Å². The van der Waals surface area contributed by atoms with E-state index in [-0.39, 0.29) is 23.4 Å². The van der Waals surface area contributed by atoms with Crippen LogP contribution in [0.3, 0.4) is 0 Å². The smallest absolute Gasteiger partial charge is 0.271 e. The van der Waals surface area contributed by atoms with Crippen LogP contribution in [-0.4, -0.2) is 31.3 Å². The lowest BCUT2D eigenvalue weighted by molar-refractivity contribution is -0.384. The number of hydrogen-bond donors (Lipinski definition) is 1. The summed E-state index contributed by atoms with van der Waals surface area (Å²) in [6.07, 6.45) is 0.972. The number of nitro groups is 1. The number of nitrogens with zero attached hydrogens (tertiary/aromatic N) is 4. The number of nitro benzene ring substituents is 1. The third-order valence-electron chi connectivity index (χ3n) is 4.11. The van der Waals surface area contributed by atoms with Crippen molar-refractivity contribution in [3.63, 3.8) is 0 Å². The Bertz CT molecular complexity index is 1030. The molecular weight excluding hydrogens is 410 g/mol. The average molecular weight is 432 g/mol. The molecule has 2 heterocycles. The lowest BCUT2D eigenvalue weighted by Gasteiger charge is -2.13. The summed E-state index contributed by atoms with van der Waals surface area (Å²) in [5.74, 6) is 0.647. The Morgan fingerprint density at radius 1 is 1.34 bits per heavy atom. The van der Waals surface area contributed by atoms with Gasteiger partial charge in [0, 0.05) is 39.7 Å². The topological polar surface area (TPSA) is 103 Å². The molecule has 1 N–H and O–H groups in total. The molecule has 0 radical (unpaired) electrons. The molecule has 0 fully saturated rings. The Hall–Kier alpha value is -2.72. The average Bonchev–Trinajstić information content (AvgIpc) is 3.33. The Morgan fingerprint density at radius 3 is 2.79 bits per heavy atom. The predicted octanol–water partition coefficient (Wildman–Crippen LogP) is 4.79. The van der Waals surface area contributed by atoms with Crippen molar-refractivity contribution in [2.24, 2.45) is 0 Å². The molecular formula is C19H21N5O3S2. The first-order chi connectivity index (χ1) is 13.9. The van der Waals surface area contributed by atoms with Crippen molar-refractivity contribution in [1.29, 1.82) is 0 Å². The van der Waals surface area contributed by atoms with Gasteiger partial charge in [-0.2, -0.15) is 0 Å². The van der Waals surface area contributed by atoms with E-state index in [1.807, 2.05) is 18.4 Å². The number of rotatable bonds is 8. The maximum absolute atomic E-state index is 12.3. The van der Waals surface area contributed by atoms with Crippen LogP contribution in [0.1, 0.15) is 31.7 Å². The largest absolute Gasteiger partial charge is 0.325 e. The zero-order chi connectivity index (χ0) is 21.0. The maximum atomic E-state index is 12.3. The number of carbonyl (C=O) groups excluding carboxylic acids is 1. The number of benzene rings is 1. The monoisotopic (exact) mass is 431 g/mol. The molecule has 0 spiro atoms.